The third-order valence-electron chi connectivity index (χ3n) is 5.05. The van der Waals surface area contributed by atoms with Gasteiger partial charge in [0.15, 0.2) is 0 Å². The fourth-order valence-corrected chi connectivity index (χ4v) is 3.54. The summed E-state index contributed by atoms with van der Waals surface area (Å²) < 4.78 is 0. The molecule has 0 aromatic carbocycles. The first kappa shape index (κ1) is 10.4. The third kappa shape index (κ3) is 1.17. The maximum Gasteiger partial charge on any atom is 0.0854 e. The first-order valence-corrected chi connectivity index (χ1v) is 5.72. The minimum Gasteiger partial charge on any atom is -0.296 e. The summed E-state index contributed by atoms with van der Waals surface area (Å²) in [7, 11) is 3.98. The van der Waals surface area contributed by atoms with Crippen LogP contribution in [-0.4, -0.2) is 25.3 Å². The van der Waals surface area contributed by atoms with Crippen molar-refractivity contribution in [2.75, 3.05) is 14.1 Å². The van der Waals surface area contributed by atoms with E-state index in [-0.39, 0.29) is 0 Å². The monoisotopic (exact) mass is 197 g/mol. The van der Waals surface area contributed by atoms with Crippen LogP contribution in [0.2, 0.25) is 0 Å². The molecule has 3 atom stereocenters. The molecular weight excluding hydrogens is 174 g/mol. The molecule has 0 saturated heterocycles. The maximum atomic E-state index is 5.92. The highest BCUT2D eigenvalue weighted by molar-refractivity contribution is 5.10. The van der Waals surface area contributed by atoms with Crippen molar-refractivity contribution in [3.63, 3.8) is 0 Å². The second-order valence-electron chi connectivity index (χ2n) is 6.02. The molecule has 0 radical (unpaired) electrons. The van der Waals surface area contributed by atoms with E-state index in [9.17, 15) is 0 Å². The molecule has 82 valence electrons. The lowest BCUT2D eigenvalue weighted by atomic mass is 9.70. The average Bonchev–Trinajstić information content (AvgIpc) is 2.35. The van der Waals surface area contributed by atoms with E-state index in [0.717, 1.165) is 5.92 Å². The van der Waals surface area contributed by atoms with E-state index in [2.05, 4.69) is 20.8 Å². The van der Waals surface area contributed by atoms with Gasteiger partial charge >= 0.3 is 0 Å². The molecule has 2 rings (SSSR count). The van der Waals surface area contributed by atoms with Crippen molar-refractivity contribution in [2.45, 2.75) is 46.1 Å². The number of fused-ring (bicyclic) bond motifs is 2. The Labute approximate surface area is 87.6 Å². The zero-order valence-electron chi connectivity index (χ0n) is 10.1. The number of hydroxylamine groups is 2. The Kier molecular flexibility index (Phi) is 2.20. The Bertz CT molecular complexity index is 236. The second-order valence-corrected chi connectivity index (χ2v) is 6.02. The van der Waals surface area contributed by atoms with E-state index < -0.39 is 0 Å². The van der Waals surface area contributed by atoms with Gasteiger partial charge in [0.25, 0.3) is 0 Å². The van der Waals surface area contributed by atoms with Crippen LogP contribution in [0.15, 0.2) is 0 Å². The molecule has 0 N–H and O–H groups in total. The topological polar surface area (TPSA) is 12.5 Å². The van der Waals surface area contributed by atoms with Crippen molar-refractivity contribution in [1.29, 1.82) is 0 Å². The van der Waals surface area contributed by atoms with E-state index >= 15 is 0 Å². The number of nitrogens with zero attached hydrogens (tertiary/aromatic N) is 1. The number of hydrogen-bond donors (Lipinski definition) is 0. The van der Waals surface area contributed by atoms with Crippen molar-refractivity contribution in [3.05, 3.63) is 0 Å². The van der Waals surface area contributed by atoms with Crippen molar-refractivity contribution in [1.82, 2.24) is 5.06 Å². The molecular formula is C12H23NO. The summed E-state index contributed by atoms with van der Waals surface area (Å²) in [5, 5.41) is 1.87. The lowest BCUT2D eigenvalue weighted by Gasteiger charge is -2.39. The molecule has 2 heteroatoms. The average molecular weight is 197 g/mol. The molecule has 0 spiro atoms. The lowest BCUT2D eigenvalue weighted by Crippen LogP contribution is -2.39. The van der Waals surface area contributed by atoms with Crippen LogP contribution in [0.4, 0.5) is 0 Å². The SMILES string of the molecule is CN(C)O[C@H]1C[C@H]2CC[C@@]1(C)C2(C)C. The predicted molar refractivity (Wildman–Crippen MR) is 57.8 cm³/mol. The maximum absolute atomic E-state index is 5.92. The van der Waals surface area contributed by atoms with E-state index in [1.807, 2.05) is 19.2 Å². The first-order chi connectivity index (χ1) is 6.38. The zero-order chi connectivity index (χ0) is 10.6. The molecule has 0 aromatic heterocycles. The summed E-state index contributed by atoms with van der Waals surface area (Å²) in [4.78, 5) is 5.92. The zero-order valence-corrected chi connectivity index (χ0v) is 10.1. The lowest BCUT2D eigenvalue weighted by molar-refractivity contribution is -0.203. The number of hydrogen-bond acceptors (Lipinski definition) is 2. The van der Waals surface area contributed by atoms with Gasteiger partial charge in [-0.3, -0.25) is 4.84 Å². The number of rotatable bonds is 2. The smallest absolute Gasteiger partial charge is 0.0854 e. The summed E-state index contributed by atoms with van der Waals surface area (Å²) in [5.41, 5.74) is 0.857. The summed E-state index contributed by atoms with van der Waals surface area (Å²) in [5.74, 6) is 0.873. The first-order valence-electron chi connectivity index (χ1n) is 5.72. The third-order valence-corrected chi connectivity index (χ3v) is 5.05. The standard InChI is InChI=1S/C12H23NO/c1-11(2)9-6-7-12(11,3)10(8-9)14-13(4)5/h9-10H,6-8H2,1-5H3/t9-,10+,12-/m1/s1. The minimum absolute atomic E-state index is 0.391. The van der Waals surface area contributed by atoms with Crippen LogP contribution >= 0.6 is 0 Å². The highest BCUT2D eigenvalue weighted by Gasteiger charge is 2.62. The molecule has 0 unspecified atom stereocenters. The summed E-state index contributed by atoms with van der Waals surface area (Å²) in [6.07, 6.45) is 4.42. The van der Waals surface area contributed by atoms with Crippen LogP contribution in [-0.2, 0) is 4.84 Å². The molecule has 2 aliphatic carbocycles. The van der Waals surface area contributed by atoms with Gasteiger partial charge in [0.1, 0.15) is 0 Å². The van der Waals surface area contributed by atoms with Crippen LogP contribution in [0.1, 0.15) is 40.0 Å². The van der Waals surface area contributed by atoms with Crippen molar-refractivity contribution < 1.29 is 4.84 Å². The van der Waals surface area contributed by atoms with Crippen LogP contribution in [0, 0.1) is 16.7 Å². The van der Waals surface area contributed by atoms with Crippen molar-refractivity contribution in [2.24, 2.45) is 16.7 Å². The fourth-order valence-electron chi connectivity index (χ4n) is 3.54. The summed E-state index contributed by atoms with van der Waals surface area (Å²) in [6, 6.07) is 0. The van der Waals surface area contributed by atoms with Gasteiger partial charge in [-0.1, -0.05) is 20.8 Å². The van der Waals surface area contributed by atoms with Crippen LogP contribution in [0.5, 0.6) is 0 Å². The molecule has 0 amide bonds. The quantitative estimate of drug-likeness (QED) is 0.631. The molecule has 2 fully saturated rings. The molecule has 0 aliphatic heterocycles. The van der Waals surface area contributed by atoms with Gasteiger partial charge in [-0.2, -0.15) is 5.06 Å². The normalized spacial score (nSPS) is 45.0. The van der Waals surface area contributed by atoms with Gasteiger partial charge in [0.2, 0.25) is 0 Å². The molecule has 2 saturated carbocycles. The largest absolute Gasteiger partial charge is 0.296 e. The fraction of sp³-hybridized carbons (Fsp3) is 1.00. The minimum atomic E-state index is 0.391. The molecule has 2 bridgehead atoms. The predicted octanol–water partition coefficient (Wildman–Crippen LogP) is 2.69. The van der Waals surface area contributed by atoms with Gasteiger partial charge < -0.3 is 0 Å². The van der Waals surface area contributed by atoms with Gasteiger partial charge in [0.05, 0.1) is 6.10 Å². The Morgan fingerprint density at radius 2 is 1.86 bits per heavy atom. The highest BCUT2D eigenvalue weighted by Crippen LogP contribution is 2.66. The summed E-state index contributed by atoms with van der Waals surface area (Å²) >= 11 is 0. The Hall–Kier alpha value is -0.0800. The second kappa shape index (κ2) is 2.96. The summed E-state index contributed by atoms with van der Waals surface area (Å²) in [6.45, 7) is 7.25. The highest BCUT2D eigenvalue weighted by atomic mass is 16.7. The molecule has 0 aromatic rings. The molecule has 14 heavy (non-hydrogen) atoms. The van der Waals surface area contributed by atoms with Gasteiger partial charge in [-0.25, -0.2) is 0 Å². The van der Waals surface area contributed by atoms with Crippen molar-refractivity contribution >= 4 is 0 Å². The Morgan fingerprint density at radius 1 is 1.21 bits per heavy atom. The van der Waals surface area contributed by atoms with E-state index in [1.54, 1.807) is 0 Å². The van der Waals surface area contributed by atoms with Crippen molar-refractivity contribution in [3.8, 4) is 0 Å². The van der Waals surface area contributed by atoms with Crippen LogP contribution in [0.25, 0.3) is 0 Å². The van der Waals surface area contributed by atoms with Gasteiger partial charge in [-0.15, -0.1) is 0 Å². The Balaban J connectivity index is 2.19. The molecule has 2 aliphatic rings. The van der Waals surface area contributed by atoms with Gasteiger partial charge in [0, 0.05) is 19.5 Å². The molecule has 0 heterocycles. The van der Waals surface area contributed by atoms with Crippen LogP contribution in [0.3, 0.4) is 0 Å². The van der Waals surface area contributed by atoms with E-state index in [4.69, 9.17) is 4.84 Å². The van der Waals surface area contributed by atoms with E-state index in [1.165, 1.54) is 19.3 Å². The molecule has 2 nitrogen and oxygen atoms in total. The van der Waals surface area contributed by atoms with Gasteiger partial charge in [-0.05, 0) is 30.6 Å². The van der Waals surface area contributed by atoms with E-state index in [0.29, 0.717) is 16.9 Å². The van der Waals surface area contributed by atoms with Crippen LogP contribution < -0.4 is 0 Å². The Morgan fingerprint density at radius 3 is 2.21 bits per heavy atom.